The molecule has 0 aliphatic heterocycles. The van der Waals surface area contributed by atoms with Crippen molar-refractivity contribution in [2.45, 2.75) is 13.1 Å². The van der Waals surface area contributed by atoms with Crippen molar-refractivity contribution in [3.8, 4) is 0 Å². The van der Waals surface area contributed by atoms with Gasteiger partial charge in [-0.2, -0.15) is 0 Å². The molecule has 0 amide bonds. The molecule has 28 heavy (non-hydrogen) atoms. The number of nitrogens with one attached hydrogen (secondary N) is 4. The molecule has 0 radical (unpaired) electrons. The van der Waals surface area contributed by atoms with Gasteiger partial charge in [0, 0.05) is 35.6 Å². The van der Waals surface area contributed by atoms with Crippen LogP contribution >= 0.6 is 0 Å². The first kappa shape index (κ1) is 19.0. The summed E-state index contributed by atoms with van der Waals surface area (Å²) in [6.45, 7) is 1.42. The number of amidine groups is 2. The number of benzene rings is 3. The van der Waals surface area contributed by atoms with Gasteiger partial charge >= 0.3 is 0 Å². The molecule has 3 rings (SSSR count). The monoisotopic (exact) mass is 372 g/mol. The van der Waals surface area contributed by atoms with Crippen LogP contribution in [-0.4, -0.2) is 11.7 Å². The number of nitrogens with two attached hydrogens (primary N) is 2. The van der Waals surface area contributed by atoms with Crippen molar-refractivity contribution in [3.63, 3.8) is 0 Å². The molecule has 0 bridgehead atoms. The third-order valence-corrected chi connectivity index (χ3v) is 4.38. The molecule has 0 aromatic heterocycles. The van der Waals surface area contributed by atoms with Crippen molar-refractivity contribution in [3.05, 3.63) is 95.1 Å². The van der Waals surface area contributed by atoms with E-state index in [0.717, 1.165) is 22.5 Å². The molecule has 0 heterocycles. The Balaban J connectivity index is 1.56. The SMILES string of the molecule is N=C(N)c1ccc(NCc2cccc(CNc3ccc(C(=N)N)cc3)c2)cc1. The molecule has 6 nitrogen and oxygen atoms in total. The van der Waals surface area contributed by atoms with Crippen LogP contribution in [0.2, 0.25) is 0 Å². The standard InChI is InChI=1S/C22H24N6/c23-21(24)17-4-8-19(9-5-17)27-13-15-2-1-3-16(12-15)14-28-20-10-6-18(7-11-20)22(25)26/h1-12,27-28H,13-14H2,(H3,23,24)(H3,25,26). The van der Waals surface area contributed by atoms with Crippen molar-refractivity contribution in [2.75, 3.05) is 10.6 Å². The van der Waals surface area contributed by atoms with E-state index in [1.165, 1.54) is 11.1 Å². The summed E-state index contributed by atoms with van der Waals surface area (Å²) >= 11 is 0. The van der Waals surface area contributed by atoms with E-state index >= 15 is 0 Å². The molecule has 142 valence electrons. The van der Waals surface area contributed by atoms with E-state index < -0.39 is 0 Å². The number of nitrogen functional groups attached to an aromatic ring is 2. The fourth-order valence-electron chi connectivity index (χ4n) is 2.79. The zero-order chi connectivity index (χ0) is 19.9. The third kappa shape index (κ3) is 5.11. The van der Waals surface area contributed by atoms with E-state index in [1.807, 2.05) is 54.6 Å². The molecule has 0 unspecified atom stereocenters. The topological polar surface area (TPSA) is 124 Å². The summed E-state index contributed by atoms with van der Waals surface area (Å²) in [6.07, 6.45) is 0. The molecule has 3 aromatic rings. The molecule has 0 spiro atoms. The quantitative estimate of drug-likeness (QED) is 0.267. The normalized spacial score (nSPS) is 10.3. The summed E-state index contributed by atoms with van der Waals surface area (Å²) in [7, 11) is 0. The predicted octanol–water partition coefficient (Wildman–Crippen LogP) is 3.48. The van der Waals surface area contributed by atoms with Gasteiger partial charge in [-0.15, -0.1) is 0 Å². The highest BCUT2D eigenvalue weighted by Crippen LogP contribution is 2.14. The van der Waals surface area contributed by atoms with Crippen LogP contribution in [0.3, 0.4) is 0 Å². The highest BCUT2D eigenvalue weighted by atomic mass is 14.9. The molecule has 0 aliphatic carbocycles. The minimum absolute atomic E-state index is 0.0719. The molecule has 0 saturated carbocycles. The van der Waals surface area contributed by atoms with Gasteiger partial charge in [0.05, 0.1) is 0 Å². The maximum atomic E-state index is 7.43. The van der Waals surface area contributed by atoms with E-state index in [2.05, 4.69) is 28.8 Å². The second-order valence-electron chi connectivity index (χ2n) is 6.51. The summed E-state index contributed by atoms with van der Waals surface area (Å²) < 4.78 is 0. The Morgan fingerprint density at radius 1 is 0.643 bits per heavy atom. The Hall–Kier alpha value is -3.80. The van der Waals surface area contributed by atoms with Gasteiger partial charge in [-0.25, -0.2) is 0 Å². The largest absolute Gasteiger partial charge is 0.384 e. The van der Waals surface area contributed by atoms with E-state index in [4.69, 9.17) is 22.3 Å². The average Bonchev–Trinajstić information content (AvgIpc) is 2.71. The van der Waals surface area contributed by atoms with Gasteiger partial charge in [0.1, 0.15) is 11.7 Å². The molecule has 8 N–H and O–H groups in total. The lowest BCUT2D eigenvalue weighted by atomic mass is 10.1. The Morgan fingerprint density at radius 2 is 1.04 bits per heavy atom. The van der Waals surface area contributed by atoms with Crippen LogP contribution in [0.15, 0.2) is 72.8 Å². The first-order valence-electron chi connectivity index (χ1n) is 8.96. The van der Waals surface area contributed by atoms with Crippen molar-refractivity contribution in [2.24, 2.45) is 11.5 Å². The van der Waals surface area contributed by atoms with E-state index in [0.29, 0.717) is 13.1 Å². The highest BCUT2D eigenvalue weighted by molar-refractivity contribution is 5.95. The zero-order valence-electron chi connectivity index (χ0n) is 15.5. The summed E-state index contributed by atoms with van der Waals surface area (Å²) in [5.41, 5.74) is 16.7. The fraction of sp³-hybridized carbons (Fsp3) is 0.0909. The average molecular weight is 372 g/mol. The second kappa shape index (κ2) is 8.73. The number of rotatable bonds is 8. The van der Waals surface area contributed by atoms with Gasteiger partial charge in [-0.3, -0.25) is 10.8 Å². The van der Waals surface area contributed by atoms with Crippen LogP contribution in [0, 0.1) is 10.8 Å². The van der Waals surface area contributed by atoms with E-state index in [1.54, 1.807) is 0 Å². The van der Waals surface area contributed by atoms with Crippen molar-refractivity contribution >= 4 is 23.0 Å². The Morgan fingerprint density at radius 3 is 1.39 bits per heavy atom. The van der Waals surface area contributed by atoms with Gasteiger partial charge in [-0.1, -0.05) is 24.3 Å². The molecular formula is C22H24N6. The molecule has 0 aliphatic rings. The van der Waals surface area contributed by atoms with Crippen LogP contribution in [0.4, 0.5) is 11.4 Å². The van der Waals surface area contributed by atoms with Crippen LogP contribution in [0.1, 0.15) is 22.3 Å². The van der Waals surface area contributed by atoms with Crippen molar-refractivity contribution in [1.29, 1.82) is 10.8 Å². The first-order valence-corrected chi connectivity index (χ1v) is 8.96. The van der Waals surface area contributed by atoms with E-state index in [9.17, 15) is 0 Å². The van der Waals surface area contributed by atoms with Gasteiger partial charge in [0.25, 0.3) is 0 Å². The maximum absolute atomic E-state index is 7.43. The molecule has 3 aromatic carbocycles. The highest BCUT2D eigenvalue weighted by Gasteiger charge is 2.01. The Labute approximate surface area is 164 Å². The summed E-state index contributed by atoms with van der Waals surface area (Å²) in [5, 5.41) is 21.6. The van der Waals surface area contributed by atoms with Crippen LogP contribution in [-0.2, 0) is 13.1 Å². The molecule has 0 atom stereocenters. The lowest BCUT2D eigenvalue weighted by Gasteiger charge is -2.11. The van der Waals surface area contributed by atoms with Gasteiger partial charge in [0.2, 0.25) is 0 Å². The lowest BCUT2D eigenvalue weighted by Crippen LogP contribution is -2.11. The minimum Gasteiger partial charge on any atom is -0.384 e. The molecular weight excluding hydrogens is 348 g/mol. The summed E-state index contributed by atoms with van der Waals surface area (Å²) in [4.78, 5) is 0. The van der Waals surface area contributed by atoms with Crippen molar-refractivity contribution in [1.82, 2.24) is 0 Å². The lowest BCUT2D eigenvalue weighted by molar-refractivity contribution is 1.10. The van der Waals surface area contributed by atoms with Crippen LogP contribution < -0.4 is 22.1 Å². The first-order chi connectivity index (χ1) is 13.5. The summed E-state index contributed by atoms with van der Waals surface area (Å²) in [5.74, 6) is 0.144. The fourth-order valence-corrected chi connectivity index (χ4v) is 2.79. The Bertz CT molecular complexity index is 884. The van der Waals surface area contributed by atoms with Crippen LogP contribution in [0.25, 0.3) is 0 Å². The summed E-state index contributed by atoms with van der Waals surface area (Å²) in [6, 6.07) is 23.4. The van der Waals surface area contributed by atoms with E-state index in [-0.39, 0.29) is 11.7 Å². The minimum atomic E-state index is 0.0719. The molecule has 0 fully saturated rings. The Kier molecular flexibility index (Phi) is 5.91. The third-order valence-electron chi connectivity index (χ3n) is 4.38. The second-order valence-corrected chi connectivity index (χ2v) is 6.51. The van der Waals surface area contributed by atoms with Gasteiger partial charge in [-0.05, 0) is 59.7 Å². The van der Waals surface area contributed by atoms with Crippen molar-refractivity contribution < 1.29 is 0 Å². The number of hydrogen-bond donors (Lipinski definition) is 6. The zero-order valence-corrected chi connectivity index (χ0v) is 15.5. The predicted molar refractivity (Wildman–Crippen MR) is 116 cm³/mol. The van der Waals surface area contributed by atoms with Crippen LogP contribution in [0.5, 0.6) is 0 Å². The molecule has 6 heteroatoms. The van der Waals surface area contributed by atoms with Gasteiger partial charge < -0.3 is 22.1 Å². The number of anilines is 2. The van der Waals surface area contributed by atoms with Gasteiger partial charge in [0.15, 0.2) is 0 Å². The maximum Gasteiger partial charge on any atom is 0.122 e. The number of hydrogen-bond acceptors (Lipinski definition) is 4. The smallest absolute Gasteiger partial charge is 0.122 e. The molecule has 0 saturated heterocycles.